The van der Waals surface area contributed by atoms with Crippen LogP contribution in [-0.2, 0) is 22.9 Å². The van der Waals surface area contributed by atoms with Crippen molar-refractivity contribution in [3.05, 3.63) is 53.3 Å². The molecule has 0 radical (unpaired) electrons. The molecule has 2 unspecified atom stereocenters. The van der Waals surface area contributed by atoms with Crippen molar-refractivity contribution >= 4 is 29.9 Å². The van der Waals surface area contributed by atoms with E-state index in [0.717, 1.165) is 50.6 Å². The number of guanidine groups is 1. The molecule has 8 heteroatoms. The minimum Gasteiger partial charge on any atom is -0.373 e. The van der Waals surface area contributed by atoms with E-state index in [0.29, 0.717) is 6.61 Å². The lowest BCUT2D eigenvalue weighted by Crippen LogP contribution is -2.48. The number of aromatic nitrogens is 2. The molecule has 1 saturated heterocycles. The average molecular weight is 539 g/mol. The predicted octanol–water partition coefficient (Wildman–Crippen LogP) is 3.47. The number of hydrogen-bond donors (Lipinski definition) is 1. The lowest BCUT2D eigenvalue weighted by molar-refractivity contribution is -0.00812. The molecule has 2 aromatic rings. The predicted molar refractivity (Wildman–Crippen MR) is 133 cm³/mol. The van der Waals surface area contributed by atoms with Crippen molar-refractivity contribution in [1.29, 1.82) is 0 Å². The molecule has 1 fully saturated rings. The van der Waals surface area contributed by atoms with Crippen LogP contribution in [0.15, 0.2) is 41.7 Å². The third kappa shape index (κ3) is 6.20. The van der Waals surface area contributed by atoms with Crippen LogP contribution >= 0.6 is 24.0 Å². The normalized spacial score (nSPS) is 21.4. The van der Waals surface area contributed by atoms with Gasteiger partial charge in [-0.05, 0) is 36.8 Å². The monoisotopic (exact) mass is 539 g/mol. The second-order valence-corrected chi connectivity index (χ2v) is 8.03. The molecule has 2 heterocycles. The highest BCUT2D eigenvalue weighted by molar-refractivity contribution is 14.0. The lowest BCUT2D eigenvalue weighted by Gasteiger charge is -2.34. The maximum absolute atomic E-state index is 6.22. The second kappa shape index (κ2) is 11.8. The first-order valence-electron chi connectivity index (χ1n) is 11.0. The summed E-state index contributed by atoms with van der Waals surface area (Å²) in [4.78, 5) is 6.74. The Bertz CT molecular complexity index is 856. The van der Waals surface area contributed by atoms with Gasteiger partial charge >= 0.3 is 0 Å². The molecule has 2 aliphatic rings. The zero-order chi connectivity index (χ0) is 20.8. The van der Waals surface area contributed by atoms with Crippen molar-refractivity contribution in [2.24, 2.45) is 12.0 Å². The van der Waals surface area contributed by atoms with E-state index in [9.17, 15) is 0 Å². The molecular formula is C23H34IN5O2. The van der Waals surface area contributed by atoms with E-state index < -0.39 is 0 Å². The van der Waals surface area contributed by atoms with Gasteiger partial charge < -0.3 is 19.7 Å². The number of fused-ring (bicyclic) bond motifs is 1. The van der Waals surface area contributed by atoms with Gasteiger partial charge in [-0.15, -0.1) is 24.0 Å². The zero-order valence-corrected chi connectivity index (χ0v) is 20.8. The summed E-state index contributed by atoms with van der Waals surface area (Å²) >= 11 is 0. The molecule has 1 aliphatic heterocycles. The van der Waals surface area contributed by atoms with Crippen LogP contribution in [-0.4, -0.2) is 60.5 Å². The number of ether oxygens (including phenoxy) is 2. The van der Waals surface area contributed by atoms with Crippen molar-refractivity contribution in [2.75, 3.05) is 39.9 Å². The number of halogens is 1. The van der Waals surface area contributed by atoms with Gasteiger partial charge in [-0.1, -0.05) is 24.3 Å². The maximum atomic E-state index is 6.22. The summed E-state index contributed by atoms with van der Waals surface area (Å²) in [5.74, 6) is 0.926. The van der Waals surface area contributed by atoms with Crippen LogP contribution in [0.1, 0.15) is 48.2 Å². The van der Waals surface area contributed by atoms with E-state index in [-0.39, 0.29) is 36.2 Å². The minimum atomic E-state index is 0. The number of nitrogens with zero attached hydrogens (tertiary/aromatic N) is 4. The smallest absolute Gasteiger partial charge is 0.193 e. The average Bonchev–Trinajstić information content (AvgIpc) is 3.23. The van der Waals surface area contributed by atoms with E-state index in [1.54, 1.807) is 0 Å². The third-order valence-electron chi connectivity index (χ3n) is 5.91. The van der Waals surface area contributed by atoms with Crippen LogP contribution in [0, 0.1) is 0 Å². The fourth-order valence-electron chi connectivity index (χ4n) is 4.36. The maximum Gasteiger partial charge on any atom is 0.193 e. The summed E-state index contributed by atoms with van der Waals surface area (Å²) in [6.45, 7) is 3.90. The molecule has 31 heavy (non-hydrogen) atoms. The molecule has 0 amide bonds. The van der Waals surface area contributed by atoms with Crippen LogP contribution in [0.3, 0.4) is 0 Å². The Morgan fingerprint density at radius 2 is 2.23 bits per heavy atom. The Kier molecular flexibility index (Phi) is 9.15. The molecule has 7 nitrogen and oxygen atoms in total. The molecule has 1 aromatic carbocycles. The number of rotatable bonds is 6. The molecule has 0 spiro atoms. The number of nitrogens with one attached hydrogen (secondary N) is 1. The van der Waals surface area contributed by atoms with Gasteiger partial charge in [0.15, 0.2) is 5.96 Å². The van der Waals surface area contributed by atoms with Crippen LogP contribution in [0.25, 0.3) is 0 Å². The quantitative estimate of drug-likeness (QED) is 0.264. The van der Waals surface area contributed by atoms with Crippen molar-refractivity contribution in [3.8, 4) is 0 Å². The molecule has 4 rings (SSSR count). The molecular weight excluding hydrogens is 505 g/mol. The molecule has 0 saturated carbocycles. The van der Waals surface area contributed by atoms with Crippen LogP contribution in [0.5, 0.6) is 0 Å². The fourth-order valence-corrected chi connectivity index (χ4v) is 4.36. The van der Waals surface area contributed by atoms with Crippen LogP contribution in [0.4, 0.5) is 0 Å². The Morgan fingerprint density at radius 1 is 1.35 bits per heavy atom. The molecule has 1 aromatic heterocycles. The van der Waals surface area contributed by atoms with Crippen molar-refractivity contribution in [1.82, 2.24) is 20.0 Å². The summed E-state index contributed by atoms with van der Waals surface area (Å²) in [7, 11) is 3.77. The van der Waals surface area contributed by atoms with Crippen molar-refractivity contribution < 1.29 is 9.47 Å². The van der Waals surface area contributed by atoms with E-state index in [2.05, 4.69) is 44.6 Å². The standard InChI is InChI=1S/C23H33N5O2.HI/c1-24-23(28-12-14-30-22(17-28)19-15-26-27(2)16-19)25-11-6-13-29-21-10-5-8-18-7-3-4-9-20(18)21;/h3-4,7,9,15-16,21-22H,5-6,8,10-14,17H2,1-2H3,(H,24,25);1H. The number of hydrogen-bond acceptors (Lipinski definition) is 4. The Morgan fingerprint density at radius 3 is 3.03 bits per heavy atom. The van der Waals surface area contributed by atoms with Gasteiger partial charge in [0, 0.05) is 45.6 Å². The topological polar surface area (TPSA) is 63.9 Å². The van der Waals surface area contributed by atoms with Gasteiger partial charge in [-0.2, -0.15) is 5.10 Å². The summed E-state index contributed by atoms with van der Waals surface area (Å²) in [5, 5.41) is 7.76. The molecule has 1 aliphatic carbocycles. The first-order valence-corrected chi connectivity index (χ1v) is 11.0. The molecule has 1 N–H and O–H groups in total. The number of morpholine rings is 1. The second-order valence-electron chi connectivity index (χ2n) is 8.03. The van der Waals surface area contributed by atoms with E-state index in [1.165, 1.54) is 24.0 Å². The lowest BCUT2D eigenvalue weighted by atomic mass is 9.89. The van der Waals surface area contributed by atoms with Gasteiger partial charge in [-0.3, -0.25) is 9.67 Å². The van der Waals surface area contributed by atoms with Crippen molar-refractivity contribution in [3.63, 3.8) is 0 Å². The molecule has 0 bridgehead atoms. The highest BCUT2D eigenvalue weighted by Crippen LogP contribution is 2.32. The highest BCUT2D eigenvalue weighted by Gasteiger charge is 2.25. The summed E-state index contributed by atoms with van der Waals surface area (Å²) in [6, 6.07) is 8.70. The fraction of sp³-hybridized carbons (Fsp3) is 0.565. The Labute approximate surface area is 202 Å². The van der Waals surface area contributed by atoms with Gasteiger partial charge in [0.25, 0.3) is 0 Å². The zero-order valence-electron chi connectivity index (χ0n) is 18.5. The first-order chi connectivity index (χ1) is 14.7. The summed E-state index contributed by atoms with van der Waals surface area (Å²) in [5.41, 5.74) is 3.93. The van der Waals surface area contributed by atoms with E-state index in [1.807, 2.05) is 31.2 Å². The first kappa shape index (κ1) is 24.0. The number of aryl methyl sites for hydroxylation is 2. The Hall–Kier alpha value is -1.65. The number of aliphatic imine (C=N–C) groups is 1. The number of benzene rings is 1. The van der Waals surface area contributed by atoms with Gasteiger partial charge in [-0.25, -0.2) is 0 Å². The largest absolute Gasteiger partial charge is 0.373 e. The van der Waals surface area contributed by atoms with Crippen LogP contribution in [0.2, 0.25) is 0 Å². The van der Waals surface area contributed by atoms with Gasteiger partial charge in [0.2, 0.25) is 0 Å². The summed E-state index contributed by atoms with van der Waals surface area (Å²) < 4.78 is 14.0. The summed E-state index contributed by atoms with van der Waals surface area (Å²) in [6.07, 6.45) is 8.63. The van der Waals surface area contributed by atoms with Gasteiger partial charge in [0.05, 0.1) is 25.5 Å². The van der Waals surface area contributed by atoms with Crippen molar-refractivity contribution in [2.45, 2.75) is 37.9 Å². The van der Waals surface area contributed by atoms with E-state index in [4.69, 9.17) is 9.47 Å². The van der Waals surface area contributed by atoms with Crippen LogP contribution < -0.4 is 5.32 Å². The van der Waals surface area contributed by atoms with E-state index >= 15 is 0 Å². The third-order valence-corrected chi connectivity index (χ3v) is 5.91. The van der Waals surface area contributed by atoms with Gasteiger partial charge in [0.1, 0.15) is 6.10 Å². The SMILES string of the molecule is CN=C(NCCCOC1CCCc2ccccc21)N1CCOC(c2cnn(C)c2)C1.I. The molecule has 170 valence electrons. The minimum absolute atomic E-state index is 0. The Balaban J connectivity index is 0.00000272. The highest BCUT2D eigenvalue weighted by atomic mass is 127. The molecule has 2 atom stereocenters.